The first-order chi connectivity index (χ1) is 18.7. The van der Waals surface area contributed by atoms with Crippen LogP contribution in [0.1, 0.15) is 103 Å². The second-order valence-corrected chi connectivity index (χ2v) is 10.9. The molecule has 2 aromatic rings. The molecule has 0 bridgehead atoms. The number of carbonyl (C=O) groups excluding carboxylic acids is 2. The molecule has 1 amide bonds. The van der Waals surface area contributed by atoms with Gasteiger partial charge < -0.3 is 14.8 Å². The van der Waals surface area contributed by atoms with Gasteiger partial charge in [-0.3, -0.25) is 4.79 Å². The van der Waals surface area contributed by atoms with E-state index in [1.54, 1.807) is 7.11 Å². The van der Waals surface area contributed by atoms with Gasteiger partial charge in [0, 0.05) is 28.1 Å². The van der Waals surface area contributed by atoms with Crippen LogP contribution in [0.25, 0.3) is 0 Å². The summed E-state index contributed by atoms with van der Waals surface area (Å²) in [7, 11) is 1.66. The zero-order chi connectivity index (χ0) is 29.8. The molecule has 0 saturated heterocycles. The number of benzene rings is 2. The number of amides is 1. The molecule has 3 rings (SSSR count). The van der Waals surface area contributed by atoms with Gasteiger partial charge in [0.15, 0.2) is 0 Å². The van der Waals surface area contributed by atoms with Gasteiger partial charge in [0.25, 0.3) is 0 Å². The van der Waals surface area contributed by atoms with Crippen LogP contribution in [-0.4, -0.2) is 19.3 Å². The van der Waals surface area contributed by atoms with Crippen LogP contribution in [0, 0.1) is 31.6 Å². The number of hydrogen-bond donors (Lipinski definition) is 1. The summed E-state index contributed by atoms with van der Waals surface area (Å²) in [4.78, 5) is 22.1. The molecule has 1 atom stereocenters. The summed E-state index contributed by atoms with van der Waals surface area (Å²) >= 11 is 3.51. The van der Waals surface area contributed by atoms with Crippen LogP contribution < -0.4 is 10.1 Å². The first-order valence-corrected chi connectivity index (χ1v) is 15.6. The zero-order valence-corrected chi connectivity index (χ0v) is 27.6. The predicted molar refractivity (Wildman–Crippen MR) is 172 cm³/mol. The van der Waals surface area contributed by atoms with Crippen molar-refractivity contribution in [2.75, 3.05) is 12.4 Å². The Kier molecular flexibility index (Phi) is 20.5. The number of carbonyl (C=O) groups is 2. The molecule has 0 radical (unpaired) electrons. The lowest BCUT2D eigenvalue weighted by atomic mass is 9.80. The molecule has 1 fully saturated rings. The van der Waals surface area contributed by atoms with E-state index in [1.807, 2.05) is 52.8 Å². The van der Waals surface area contributed by atoms with Crippen molar-refractivity contribution in [3.8, 4) is 5.75 Å². The fourth-order valence-corrected chi connectivity index (χ4v) is 5.22. The van der Waals surface area contributed by atoms with E-state index in [4.69, 9.17) is 4.74 Å². The molecule has 1 saturated carbocycles. The van der Waals surface area contributed by atoms with Gasteiger partial charge in [-0.15, -0.1) is 0 Å². The maximum absolute atomic E-state index is 12.4. The largest absolute Gasteiger partial charge is 0.496 e. The van der Waals surface area contributed by atoms with Crippen molar-refractivity contribution in [2.24, 2.45) is 17.8 Å². The van der Waals surface area contributed by atoms with Crippen molar-refractivity contribution in [3.05, 3.63) is 57.6 Å². The zero-order valence-electron chi connectivity index (χ0n) is 26.0. The van der Waals surface area contributed by atoms with E-state index in [0.29, 0.717) is 0 Å². The average molecular weight is 605 g/mol. The highest BCUT2D eigenvalue weighted by Gasteiger charge is 2.25. The lowest BCUT2D eigenvalue weighted by Gasteiger charge is -2.27. The van der Waals surface area contributed by atoms with Crippen LogP contribution >= 0.6 is 15.9 Å². The smallest absolute Gasteiger partial charge is 0.227 e. The van der Waals surface area contributed by atoms with E-state index < -0.39 is 0 Å². The number of aryl methyl sites for hydroxylation is 2. The van der Waals surface area contributed by atoms with Crippen LogP contribution in [0.4, 0.5) is 5.69 Å². The Labute approximate surface area is 247 Å². The van der Waals surface area contributed by atoms with Crippen molar-refractivity contribution in [1.29, 1.82) is 0 Å². The van der Waals surface area contributed by atoms with Gasteiger partial charge in [-0.05, 0) is 87.1 Å². The predicted octanol–water partition coefficient (Wildman–Crippen LogP) is 10.1. The molecule has 5 heteroatoms. The minimum Gasteiger partial charge on any atom is -0.496 e. The van der Waals surface area contributed by atoms with Gasteiger partial charge in [-0.2, -0.15) is 0 Å². The van der Waals surface area contributed by atoms with Gasteiger partial charge in [-0.25, -0.2) is 0 Å². The number of aldehydes is 1. The van der Waals surface area contributed by atoms with Gasteiger partial charge >= 0.3 is 0 Å². The van der Waals surface area contributed by atoms with E-state index in [9.17, 15) is 9.59 Å². The van der Waals surface area contributed by atoms with Crippen molar-refractivity contribution in [1.82, 2.24) is 0 Å². The molecule has 39 heavy (non-hydrogen) atoms. The third-order valence-corrected chi connectivity index (χ3v) is 7.92. The number of nitrogens with one attached hydrogen (secondary N) is 1. The standard InChI is InChI=1S/C18H27NO2.C9H11Br.C5H10O.C2H6/c1-4-5-14-7-9-15(10-8-14)18(20)19-16-11-6-13(2)17(12-16)21-3;1-3-8-7(2)5-4-6-9(8)10;1-3-5(2)4-6;1-2/h6,11-12,14-15H,4-5,7-10H2,1-3H3,(H,19,20);4-6H,3H2,1-2H3;4-5H,3H2,1-2H3;1-2H3. The van der Waals surface area contributed by atoms with Crippen molar-refractivity contribution in [3.63, 3.8) is 0 Å². The van der Waals surface area contributed by atoms with E-state index in [1.165, 1.54) is 41.3 Å². The van der Waals surface area contributed by atoms with Gasteiger partial charge in [-0.1, -0.05) is 88.5 Å². The summed E-state index contributed by atoms with van der Waals surface area (Å²) in [6.45, 7) is 16.5. The number of hydrogen-bond acceptors (Lipinski definition) is 3. The average Bonchev–Trinajstić information content (AvgIpc) is 2.96. The lowest BCUT2D eigenvalue weighted by molar-refractivity contribution is -0.121. The molecule has 1 unspecified atom stereocenters. The normalized spacial score (nSPS) is 16.6. The fraction of sp³-hybridized carbons (Fsp3) is 0.588. The maximum Gasteiger partial charge on any atom is 0.227 e. The topological polar surface area (TPSA) is 55.4 Å². The third kappa shape index (κ3) is 14.2. The van der Waals surface area contributed by atoms with Crippen LogP contribution in [0.5, 0.6) is 5.75 Å². The Bertz CT molecular complexity index is 931. The monoisotopic (exact) mass is 603 g/mol. The number of methoxy groups -OCH3 is 1. The number of ether oxygens (including phenoxy) is 1. The number of rotatable bonds is 8. The Morgan fingerprint density at radius 3 is 2.13 bits per heavy atom. The van der Waals surface area contributed by atoms with Crippen LogP contribution in [-0.2, 0) is 16.0 Å². The maximum atomic E-state index is 12.4. The third-order valence-electron chi connectivity index (χ3n) is 7.17. The molecule has 1 aliphatic rings. The molecule has 1 aliphatic carbocycles. The van der Waals surface area contributed by atoms with Gasteiger partial charge in [0.2, 0.25) is 5.91 Å². The first-order valence-electron chi connectivity index (χ1n) is 14.8. The van der Waals surface area contributed by atoms with E-state index in [0.717, 1.165) is 54.9 Å². The van der Waals surface area contributed by atoms with Crippen molar-refractivity contribution < 1.29 is 14.3 Å². The Balaban J connectivity index is 0.000000663. The Morgan fingerprint density at radius 1 is 1.05 bits per heavy atom. The molecular weight excluding hydrogens is 550 g/mol. The van der Waals surface area contributed by atoms with E-state index >= 15 is 0 Å². The highest BCUT2D eigenvalue weighted by atomic mass is 79.9. The minimum atomic E-state index is 0.163. The summed E-state index contributed by atoms with van der Waals surface area (Å²) in [6.07, 6.45) is 10.1. The highest BCUT2D eigenvalue weighted by Crippen LogP contribution is 2.32. The van der Waals surface area contributed by atoms with E-state index in [-0.39, 0.29) is 17.7 Å². The second-order valence-electron chi connectivity index (χ2n) is 10.1. The summed E-state index contributed by atoms with van der Waals surface area (Å²) in [5.41, 5.74) is 4.70. The molecule has 0 spiro atoms. The molecule has 2 aromatic carbocycles. The summed E-state index contributed by atoms with van der Waals surface area (Å²) in [6, 6.07) is 12.1. The van der Waals surface area contributed by atoms with Gasteiger partial charge in [0.1, 0.15) is 12.0 Å². The molecule has 220 valence electrons. The molecule has 0 heterocycles. The minimum absolute atomic E-state index is 0.163. The van der Waals surface area contributed by atoms with E-state index in [2.05, 4.69) is 60.2 Å². The molecule has 4 nitrogen and oxygen atoms in total. The highest BCUT2D eigenvalue weighted by molar-refractivity contribution is 9.10. The van der Waals surface area contributed by atoms with Gasteiger partial charge in [0.05, 0.1) is 7.11 Å². The molecular formula is C34H54BrNO3. The second kappa shape index (κ2) is 21.7. The number of halogens is 1. The summed E-state index contributed by atoms with van der Waals surface area (Å²) < 4.78 is 6.53. The molecule has 1 N–H and O–H groups in total. The molecule has 0 aromatic heterocycles. The van der Waals surface area contributed by atoms with Crippen molar-refractivity contribution in [2.45, 2.75) is 107 Å². The lowest BCUT2D eigenvalue weighted by Crippen LogP contribution is -2.27. The first kappa shape index (κ1) is 36.9. The number of anilines is 1. The summed E-state index contributed by atoms with van der Waals surface area (Å²) in [5.74, 6) is 2.24. The Hall–Kier alpha value is -2.14. The van der Waals surface area contributed by atoms with Crippen LogP contribution in [0.15, 0.2) is 40.9 Å². The summed E-state index contributed by atoms with van der Waals surface area (Å²) in [5, 5.41) is 3.04. The van der Waals surface area contributed by atoms with Crippen LogP contribution in [0.2, 0.25) is 0 Å². The SMILES string of the molecule is CC.CCC(C)C=O.CCCC1CCC(C(=O)Nc2ccc(C)c(OC)c2)CC1.CCc1c(C)cccc1Br. The molecule has 0 aliphatic heterocycles. The van der Waals surface area contributed by atoms with Crippen molar-refractivity contribution >= 4 is 33.8 Å². The Morgan fingerprint density at radius 2 is 1.69 bits per heavy atom. The quantitative estimate of drug-likeness (QED) is 0.305. The fourth-order valence-electron chi connectivity index (χ4n) is 4.47. The van der Waals surface area contributed by atoms with Crippen LogP contribution in [0.3, 0.4) is 0 Å².